The van der Waals surface area contributed by atoms with E-state index in [-0.39, 0.29) is 0 Å². The number of rotatable bonds is 4. The molecule has 2 rings (SSSR count). The van der Waals surface area contributed by atoms with E-state index in [9.17, 15) is 0 Å². The molecule has 1 aromatic rings. The first kappa shape index (κ1) is 10.7. The molecule has 0 bridgehead atoms. The van der Waals surface area contributed by atoms with Gasteiger partial charge >= 0.3 is 0 Å². The maximum absolute atomic E-state index is 3.56. The Bertz CT molecular complexity index is 327. The molecule has 1 heteroatoms. The van der Waals surface area contributed by atoms with Crippen LogP contribution in [0.4, 0.5) is 0 Å². The lowest BCUT2D eigenvalue weighted by molar-refractivity contribution is 0.635. The molecule has 1 nitrogen and oxygen atoms in total. The molecule has 0 amide bonds. The molecule has 1 aliphatic rings. The van der Waals surface area contributed by atoms with Crippen LogP contribution in [0.25, 0.3) is 0 Å². The van der Waals surface area contributed by atoms with Gasteiger partial charge in [-0.3, -0.25) is 0 Å². The Morgan fingerprint density at radius 1 is 1.13 bits per heavy atom. The van der Waals surface area contributed by atoms with Crippen molar-refractivity contribution >= 4 is 0 Å². The average Bonchev–Trinajstić information content (AvgIpc) is 2.93. The van der Waals surface area contributed by atoms with Gasteiger partial charge in [-0.1, -0.05) is 17.7 Å². The van der Waals surface area contributed by atoms with Crippen LogP contribution in [0.2, 0.25) is 0 Å². The van der Waals surface area contributed by atoms with Crippen molar-refractivity contribution in [1.82, 2.24) is 5.32 Å². The standard InChI is InChI=1S/C14H21N/c1-10-6-11(2)14(12(3)7-10)9-15-8-13-4-5-13/h6-7,13,15H,4-5,8-9H2,1-3H3. The minimum absolute atomic E-state index is 0.969. The Labute approximate surface area is 92.9 Å². The highest BCUT2D eigenvalue weighted by Crippen LogP contribution is 2.27. The SMILES string of the molecule is Cc1cc(C)c(CNCC2CC2)c(C)c1. The van der Waals surface area contributed by atoms with Gasteiger partial charge in [0, 0.05) is 6.54 Å². The van der Waals surface area contributed by atoms with E-state index in [2.05, 4.69) is 38.2 Å². The normalized spacial score (nSPS) is 15.7. The van der Waals surface area contributed by atoms with Gasteiger partial charge in [-0.25, -0.2) is 0 Å². The van der Waals surface area contributed by atoms with E-state index >= 15 is 0 Å². The second kappa shape index (κ2) is 4.36. The summed E-state index contributed by atoms with van der Waals surface area (Å²) in [5.41, 5.74) is 5.71. The third-order valence-electron chi connectivity index (χ3n) is 3.27. The quantitative estimate of drug-likeness (QED) is 0.793. The zero-order valence-electron chi connectivity index (χ0n) is 10.1. The molecule has 15 heavy (non-hydrogen) atoms. The van der Waals surface area contributed by atoms with Crippen LogP contribution in [-0.4, -0.2) is 6.54 Å². The van der Waals surface area contributed by atoms with E-state index in [4.69, 9.17) is 0 Å². The second-order valence-corrected chi connectivity index (χ2v) is 4.95. The number of hydrogen-bond acceptors (Lipinski definition) is 1. The largest absolute Gasteiger partial charge is 0.312 e. The first-order valence-electron chi connectivity index (χ1n) is 5.94. The summed E-state index contributed by atoms with van der Waals surface area (Å²) >= 11 is 0. The van der Waals surface area contributed by atoms with Crippen molar-refractivity contribution < 1.29 is 0 Å². The van der Waals surface area contributed by atoms with Crippen LogP contribution in [0.1, 0.15) is 35.1 Å². The van der Waals surface area contributed by atoms with E-state index < -0.39 is 0 Å². The zero-order valence-corrected chi connectivity index (χ0v) is 10.1. The maximum Gasteiger partial charge on any atom is 0.0210 e. The van der Waals surface area contributed by atoms with Crippen LogP contribution in [0.5, 0.6) is 0 Å². The zero-order chi connectivity index (χ0) is 10.8. The van der Waals surface area contributed by atoms with Gasteiger partial charge in [0.25, 0.3) is 0 Å². The number of nitrogens with one attached hydrogen (secondary N) is 1. The number of aryl methyl sites for hydroxylation is 3. The molecule has 0 aromatic heterocycles. The monoisotopic (exact) mass is 203 g/mol. The lowest BCUT2D eigenvalue weighted by atomic mass is 10.00. The average molecular weight is 203 g/mol. The summed E-state index contributed by atoms with van der Waals surface area (Å²) < 4.78 is 0. The molecule has 1 fully saturated rings. The lowest BCUT2D eigenvalue weighted by Crippen LogP contribution is -2.17. The molecule has 0 heterocycles. The van der Waals surface area contributed by atoms with Crippen molar-refractivity contribution in [2.24, 2.45) is 5.92 Å². The molecule has 1 aromatic carbocycles. The summed E-state index contributed by atoms with van der Waals surface area (Å²) in [7, 11) is 0. The van der Waals surface area contributed by atoms with E-state index in [0.29, 0.717) is 0 Å². The van der Waals surface area contributed by atoms with Gasteiger partial charge in [0.05, 0.1) is 0 Å². The fourth-order valence-corrected chi connectivity index (χ4v) is 2.21. The Balaban J connectivity index is 1.99. The van der Waals surface area contributed by atoms with Crippen molar-refractivity contribution in [3.8, 4) is 0 Å². The van der Waals surface area contributed by atoms with Gasteiger partial charge in [0.2, 0.25) is 0 Å². The number of hydrogen-bond donors (Lipinski definition) is 1. The van der Waals surface area contributed by atoms with Crippen molar-refractivity contribution in [2.75, 3.05) is 6.54 Å². The van der Waals surface area contributed by atoms with Crippen LogP contribution >= 0.6 is 0 Å². The van der Waals surface area contributed by atoms with Crippen LogP contribution in [0.3, 0.4) is 0 Å². The summed E-state index contributed by atoms with van der Waals surface area (Å²) in [6, 6.07) is 4.56. The fraction of sp³-hybridized carbons (Fsp3) is 0.571. The van der Waals surface area contributed by atoms with Crippen LogP contribution in [-0.2, 0) is 6.54 Å². The highest BCUT2D eigenvalue weighted by molar-refractivity contribution is 5.37. The van der Waals surface area contributed by atoms with E-state index in [1.165, 1.54) is 41.6 Å². The molecule has 0 unspecified atom stereocenters. The minimum atomic E-state index is 0.969. The predicted molar refractivity (Wildman–Crippen MR) is 65.1 cm³/mol. The first-order valence-corrected chi connectivity index (χ1v) is 5.94. The van der Waals surface area contributed by atoms with Crippen molar-refractivity contribution in [3.05, 3.63) is 34.4 Å². The Hall–Kier alpha value is -0.820. The van der Waals surface area contributed by atoms with Crippen molar-refractivity contribution in [3.63, 3.8) is 0 Å². The van der Waals surface area contributed by atoms with Crippen molar-refractivity contribution in [1.29, 1.82) is 0 Å². The van der Waals surface area contributed by atoms with Gasteiger partial charge in [-0.2, -0.15) is 0 Å². The molecule has 0 saturated heterocycles. The van der Waals surface area contributed by atoms with Gasteiger partial charge in [-0.05, 0) is 62.8 Å². The van der Waals surface area contributed by atoms with Crippen LogP contribution < -0.4 is 5.32 Å². The van der Waals surface area contributed by atoms with Gasteiger partial charge in [0.1, 0.15) is 0 Å². The maximum atomic E-state index is 3.56. The van der Waals surface area contributed by atoms with Gasteiger partial charge < -0.3 is 5.32 Å². The van der Waals surface area contributed by atoms with Gasteiger partial charge in [-0.15, -0.1) is 0 Å². The fourth-order valence-electron chi connectivity index (χ4n) is 2.21. The minimum Gasteiger partial charge on any atom is -0.312 e. The van der Waals surface area contributed by atoms with E-state index in [1.54, 1.807) is 0 Å². The Kier molecular flexibility index (Phi) is 3.11. The smallest absolute Gasteiger partial charge is 0.0210 e. The topological polar surface area (TPSA) is 12.0 Å². The first-order chi connectivity index (χ1) is 7.16. The molecule has 0 radical (unpaired) electrons. The summed E-state index contributed by atoms with van der Waals surface area (Å²) in [6.45, 7) is 8.84. The molecule has 82 valence electrons. The predicted octanol–water partition coefficient (Wildman–Crippen LogP) is 3.11. The highest BCUT2D eigenvalue weighted by Gasteiger charge is 2.20. The van der Waals surface area contributed by atoms with Crippen LogP contribution in [0.15, 0.2) is 12.1 Å². The summed E-state index contributed by atoms with van der Waals surface area (Å²) in [5, 5.41) is 3.56. The van der Waals surface area contributed by atoms with Crippen LogP contribution in [0, 0.1) is 26.7 Å². The molecule has 0 aliphatic heterocycles. The van der Waals surface area contributed by atoms with Crippen molar-refractivity contribution in [2.45, 2.75) is 40.2 Å². The lowest BCUT2D eigenvalue weighted by Gasteiger charge is -2.12. The van der Waals surface area contributed by atoms with E-state index in [0.717, 1.165) is 12.5 Å². The molecular formula is C14H21N. The van der Waals surface area contributed by atoms with E-state index in [1.807, 2.05) is 0 Å². The third kappa shape index (κ3) is 2.82. The summed E-state index contributed by atoms with van der Waals surface area (Å²) in [6.07, 6.45) is 2.86. The Morgan fingerprint density at radius 2 is 1.73 bits per heavy atom. The highest BCUT2D eigenvalue weighted by atomic mass is 14.9. The molecule has 0 spiro atoms. The summed E-state index contributed by atoms with van der Waals surface area (Å²) in [4.78, 5) is 0. The molecule has 1 saturated carbocycles. The molecular weight excluding hydrogens is 182 g/mol. The Morgan fingerprint density at radius 3 is 2.27 bits per heavy atom. The van der Waals surface area contributed by atoms with Gasteiger partial charge in [0.15, 0.2) is 0 Å². The molecule has 1 aliphatic carbocycles. The third-order valence-corrected chi connectivity index (χ3v) is 3.27. The summed E-state index contributed by atoms with van der Waals surface area (Å²) in [5.74, 6) is 0.969. The second-order valence-electron chi connectivity index (χ2n) is 4.95. The number of benzene rings is 1. The molecule has 0 atom stereocenters. The molecule has 1 N–H and O–H groups in total.